The highest BCUT2D eigenvalue weighted by Gasteiger charge is 2.39. The van der Waals surface area contributed by atoms with Crippen molar-refractivity contribution < 1.29 is 5.11 Å². The lowest BCUT2D eigenvalue weighted by Gasteiger charge is -2.38. The Kier molecular flexibility index (Phi) is 6.70. The van der Waals surface area contributed by atoms with E-state index in [1.807, 2.05) is 70.4 Å². The molecule has 4 heteroatoms. The summed E-state index contributed by atoms with van der Waals surface area (Å²) in [4.78, 5) is 2.06. The molecule has 2 rings (SSSR count). The van der Waals surface area contributed by atoms with Crippen molar-refractivity contribution in [2.75, 3.05) is 20.6 Å². The summed E-state index contributed by atoms with van der Waals surface area (Å²) in [6, 6.07) is 15.2. The van der Waals surface area contributed by atoms with Crippen LogP contribution in [0.4, 0.5) is 0 Å². The van der Waals surface area contributed by atoms with E-state index in [2.05, 4.69) is 4.90 Å². The van der Waals surface area contributed by atoms with Gasteiger partial charge in [0.25, 0.3) is 0 Å². The molecule has 2 atom stereocenters. The lowest BCUT2D eigenvalue weighted by atomic mass is 9.76. The number of aliphatic hydroxyl groups is 1. The minimum atomic E-state index is -1.19. The average Bonchev–Trinajstić information content (AvgIpc) is 2.54. The van der Waals surface area contributed by atoms with Gasteiger partial charge < -0.3 is 10.0 Å². The Balaban J connectivity index is 2.57. The normalized spacial score (nSPS) is 15.9. The van der Waals surface area contributed by atoms with Gasteiger partial charge in [-0.25, -0.2) is 0 Å². The van der Waals surface area contributed by atoms with Crippen LogP contribution >= 0.6 is 23.2 Å². The van der Waals surface area contributed by atoms with Crippen LogP contribution in [0.15, 0.2) is 54.1 Å². The van der Waals surface area contributed by atoms with E-state index in [1.54, 1.807) is 12.1 Å². The van der Waals surface area contributed by atoms with Gasteiger partial charge in [-0.2, -0.15) is 0 Å². The second-order valence-electron chi connectivity index (χ2n) is 6.79. The van der Waals surface area contributed by atoms with Crippen molar-refractivity contribution in [3.05, 3.63) is 75.3 Å². The van der Waals surface area contributed by atoms with Gasteiger partial charge in [-0.15, -0.1) is 0 Å². The molecule has 0 bridgehead atoms. The standard InChI is InChI=1S/C21H25Cl2NO/c1-15(12-17-8-6-5-7-9-17)21(25,16(2)14-24(3)4)19-11-10-18(22)13-20(19)23/h5-13,16,25H,14H2,1-4H3. The predicted octanol–water partition coefficient (Wildman–Crippen LogP) is 5.48. The molecule has 2 nitrogen and oxygen atoms in total. The van der Waals surface area contributed by atoms with Crippen LogP contribution in [0.1, 0.15) is 25.0 Å². The molecule has 0 fully saturated rings. The number of hydrogen-bond donors (Lipinski definition) is 1. The van der Waals surface area contributed by atoms with Crippen LogP contribution in [0.3, 0.4) is 0 Å². The molecular weight excluding hydrogens is 353 g/mol. The fourth-order valence-corrected chi connectivity index (χ4v) is 3.81. The van der Waals surface area contributed by atoms with E-state index in [1.165, 1.54) is 0 Å². The van der Waals surface area contributed by atoms with Gasteiger partial charge in [-0.1, -0.05) is 72.6 Å². The SMILES string of the molecule is CC(=Cc1ccccc1)C(O)(c1ccc(Cl)cc1Cl)C(C)CN(C)C. The van der Waals surface area contributed by atoms with Crippen molar-refractivity contribution in [3.8, 4) is 0 Å². The highest BCUT2D eigenvalue weighted by molar-refractivity contribution is 6.35. The van der Waals surface area contributed by atoms with Gasteiger partial charge >= 0.3 is 0 Å². The van der Waals surface area contributed by atoms with Crippen LogP contribution in [-0.2, 0) is 5.60 Å². The smallest absolute Gasteiger partial charge is 0.116 e. The summed E-state index contributed by atoms with van der Waals surface area (Å²) in [5.41, 5.74) is 1.37. The molecule has 2 aromatic rings. The topological polar surface area (TPSA) is 23.5 Å². The van der Waals surface area contributed by atoms with Crippen LogP contribution in [0.2, 0.25) is 10.0 Å². The zero-order chi connectivity index (χ0) is 18.6. The molecule has 2 aromatic carbocycles. The number of benzene rings is 2. The molecule has 0 heterocycles. The van der Waals surface area contributed by atoms with E-state index in [0.717, 1.165) is 17.7 Å². The van der Waals surface area contributed by atoms with Crippen LogP contribution in [0.25, 0.3) is 6.08 Å². The van der Waals surface area contributed by atoms with Crippen molar-refractivity contribution >= 4 is 29.3 Å². The Morgan fingerprint density at radius 2 is 1.80 bits per heavy atom. The van der Waals surface area contributed by atoms with Gasteiger partial charge in [0.15, 0.2) is 0 Å². The zero-order valence-electron chi connectivity index (χ0n) is 15.1. The number of hydrogen-bond acceptors (Lipinski definition) is 2. The lowest BCUT2D eigenvalue weighted by molar-refractivity contribution is 0.0106. The van der Waals surface area contributed by atoms with Crippen molar-refractivity contribution in [2.24, 2.45) is 5.92 Å². The molecule has 25 heavy (non-hydrogen) atoms. The van der Waals surface area contributed by atoms with E-state index < -0.39 is 5.60 Å². The first kappa shape index (κ1) is 20.0. The summed E-state index contributed by atoms with van der Waals surface area (Å²) >= 11 is 12.5. The Bertz CT molecular complexity index is 743. The maximum atomic E-state index is 11.8. The minimum absolute atomic E-state index is 0.0684. The number of nitrogens with zero attached hydrogens (tertiary/aromatic N) is 1. The van der Waals surface area contributed by atoms with Crippen LogP contribution < -0.4 is 0 Å². The zero-order valence-corrected chi connectivity index (χ0v) is 16.6. The van der Waals surface area contributed by atoms with Gasteiger partial charge in [0, 0.05) is 28.1 Å². The quantitative estimate of drug-likeness (QED) is 0.719. The van der Waals surface area contributed by atoms with E-state index in [9.17, 15) is 5.11 Å². The van der Waals surface area contributed by atoms with E-state index in [4.69, 9.17) is 23.2 Å². The third-order valence-corrected chi connectivity index (χ3v) is 5.03. The Morgan fingerprint density at radius 1 is 1.16 bits per heavy atom. The highest BCUT2D eigenvalue weighted by atomic mass is 35.5. The van der Waals surface area contributed by atoms with Gasteiger partial charge in [0.05, 0.1) is 0 Å². The molecule has 1 N–H and O–H groups in total. The molecule has 134 valence electrons. The van der Waals surface area contributed by atoms with Gasteiger partial charge in [-0.05, 0) is 44.3 Å². The molecule has 0 aliphatic heterocycles. The first-order chi connectivity index (χ1) is 11.7. The summed E-state index contributed by atoms with van der Waals surface area (Å²) in [6.45, 7) is 4.70. The van der Waals surface area contributed by atoms with Gasteiger partial charge in [-0.3, -0.25) is 0 Å². The Labute approximate surface area is 160 Å². The summed E-state index contributed by atoms with van der Waals surface area (Å²) in [5.74, 6) is -0.0684. The number of halogens is 2. The van der Waals surface area contributed by atoms with Crippen molar-refractivity contribution in [1.29, 1.82) is 0 Å². The van der Waals surface area contributed by atoms with Crippen molar-refractivity contribution in [2.45, 2.75) is 19.4 Å². The fourth-order valence-electron chi connectivity index (χ4n) is 3.25. The summed E-state index contributed by atoms with van der Waals surface area (Å²) in [7, 11) is 3.99. The highest BCUT2D eigenvalue weighted by Crippen LogP contribution is 2.42. The molecule has 0 spiro atoms. The maximum absolute atomic E-state index is 11.8. The molecule has 0 aliphatic rings. The first-order valence-electron chi connectivity index (χ1n) is 8.31. The summed E-state index contributed by atoms with van der Waals surface area (Å²) in [5, 5.41) is 12.8. The first-order valence-corrected chi connectivity index (χ1v) is 9.07. The Hall–Kier alpha value is -1.32. The van der Waals surface area contributed by atoms with Crippen LogP contribution in [-0.4, -0.2) is 30.6 Å². The maximum Gasteiger partial charge on any atom is 0.116 e. The lowest BCUT2D eigenvalue weighted by Crippen LogP contribution is -2.40. The van der Waals surface area contributed by atoms with Crippen LogP contribution in [0.5, 0.6) is 0 Å². The van der Waals surface area contributed by atoms with Crippen molar-refractivity contribution in [3.63, 3.8) is 0 Å². The molecule has 0 saturated heterocycles. The molecule has 0 amide bonds. The fraction of sp³-hybridized carbons (Fsp3) is 0.333. The monoisotopic (exact) mass is 377 g/mol. The van der Waals surface area contributed by atoms with Gasteiger partial charge in [0.1, 0.15) is 5.60 Å². The van der Waals surface area contributed by atoms with Crippen LogP contribution in [0, 0.1) is 5.92 Å². The van der Waals surface area contributed by atoms with Crippen molar-refractivity contribution in [1.82, 2.24) is 4.90 Å². The second kappa shape index (κ2) is 8.37. The van der Waals surface area contributed by atoms with Gasteiger partial charge in [0.2, 0.25) is 0 Å². The summed E-state index contributed by atoms with van der Waals surface area (Å²) in [6.07, 6.45) is 2.01. The van der Waals surface area contributed by atoms with E-state index >= 15 is 0 Å². The third kappa shape index (κ3) is 4.65. The Morgan fingerprint density at radius 3 is 2.36 bits per heavy atom. The molecule has 0 saturated carbocycles. The third-order valence-electron chi connectivity index (χ3n) is 4.48. The number of rotatable bonds is 6. The van der Waals surface area contributed by atoms with E-state index in [0.29, 0.717) is 15.6 Å². The average molecular weight is 378 g/mol. The molecule has 0 radical (unpaired) electrons. The molecule has 0 aliphatic carbocycles. The minimum Gasteiger partial charge on any atom is -0.380 e. The van der Waals surface area contributed by atoms with E-state index in [-0.39, 0.29) is 5.92 Å². The molecule has 0 aromatic heterocycles. The second-order valence-corrected chi connectivity index (χ2v) is 7.64. The largest absolute Gasteiger partial charge is 0.380 e. The predicted molar refractivity (Wildman–Crippen MR) is 108 cm³/mol. The molecular formula is C21H25Cl2NO. The summed E-state index contributed by atoms with van der Waals surface area (Å²) < 4.78 is 0. The molecule has 2 unspecified atom stereocenters.